The second-order valence-corrected chi connectivity index (χ2v) is 6.75. The van der Waals surface area contributed by atoms with Crippen LogP contribution in [0.25, 0.3) is 0 Å². The van der Waals surface area contributed by atoms with Gasteiger partial charge in [-0.05, 0) is 30.5 Å². The minimum atomic E-state index is -0.235. The first kappa shape index (κ1) is 18.1. The Morgan fingerprint density at radius 2 is 2.04 bits per heavy atom. The van der Waals surface area contributed by atoms with Crippen molar-refractivity contribution in [1.82, 2.24) is 10.6 Å². The molecular weight excluding hydrogens is 334 g/mol. The number of nitrogens with one attached hydrogen (secondary N) is 2. The van der Waals surface area contributed by atoms with Gasteiger partial charge in [-0.25, -0.2) is 0 Å². The van der Waals surface area contributed by atoms with Crippen molar-refractivity contribution in [3.05, 3.63) is 24.3 Å². The van der Waals surface area contributed by atoms with Crippen molar-refractivity contribution in [3.63, 3.8) is 0 Å². The monoisotopic (exact) mass is 355 g/mol. The van der Waals surface area contributed by atoms with Crippen LogP contribution >= 0.6 is 24.2 Å². The van der Waals surface area contributed by atoms with Gasteiger partial charge < -0.3 is 15.5 Å². The van der Waals surface area contributed by atoms with Crippen molar-refractivity contribution in [2.75, 3.05) is 37.3 Å². The Balaban J connectivity index is 0.00000192. The fourth-order valence-corrected chi connectivity index (χ4v) is 3.19. The summed E-state index contributed by atoms with van der Waals surface area (Å²) in [5.41, 5.74) is 0.876. The van der Waals surface area contributed by atoms with Crippen LogP contribution in [0.2, 0.25) is 0 Å². The molecule has 2 N–H and O–H groups in total. The van der Waals surface area contributed by atoms with Gasteiger partial charge in [0.2, 0.25) is 11.8 Å². The Kier molecular flexibility index (Phi) is 6.33. The van der Waals surface area contributed by atoms with Crippen LogP contribution in [0, 0.1) is 11.8 Å². The van der Waals surface area contributed by atoms with Crippen molar-refractivity contribution in [2.24, 2.45) is 11.8 Å². The van der Waals surface area contributed by atoms with Crippen LogP contribution in [-0.4, -0.2) is 44.2 Å². The normalized spacial score (nSPS) is 20.8. The molecule has 3 rings (SSSR count). The molecule has 0 aromatic heterocycles. The Bertz CT molecular complexity index is 563. The van der Waals surface area contributed by atoms with Crippen molar-refractivity contribution in [1.29, 1.82) is 0 Å². The van der Waals surface area contributed by atoms with Gasteiger partial charge in [0.25, 0.3) is 0 Å². The number of hydrogen-bond acceptors (Lipinski definition) is 4. The second-order valence-electron chi connectivity index (χ2n) is 5.87. The summed E-state index contributed by atoms with van der Waals surface area (Å²) in [7, 11) is 0. The number of halogens is 1. The molecule has 2 saturated heterocycles. The van der Waals surface area contributed by atoms with Crippen LogP contribution in [0.15, 0.2) is 29.2 Å². The molecule has 1 atom stereocenters. The van der Waals surface area contributed by atoms with Gasteiger partial charge in [0.05, 0.1) is 5.92 Å². The number of carbonyl (C=O) groups is 2. The number of rotatable bonds is 5. The SMILES string of the molecule is CSc1ccc(N2CC(C(=O)NCC3CNC3)CC2=O)cc1.Cl. The van der Waals surface area contributed by atoms with Crippen molar-refractivity contribution < 1.29 is 9.59 Å². The molecule has 2 aliphatic heterocycles. The maximum atomic E-state index is 12.2. The number of anilines is 1. The van der Waals surface area contributed by atoms with E-state index >= 15 is 0 Å². The zero-order valence-electron chi connectivity index (χ0n) is 13.1. The van der Waals surface area contributed by atoms with E-state index in [0.717, 1.165) is 18.8 Å². The fraction of sp³-hybridized carbons (Fsp3) is 0.500. The van der Waals surface area contributed by atoms with Gasteiger partial charge in [0, 0.05) is 49.1 Å². The van der Waals surface area contributed by atoms with Crippen LogP contribution < -0.4 is 15.5 Å². The Morgan fingerprint density at radius 1 is 1.35 bits per heavy atom. The third kappa shape index (κ3) is 4.19. The van der Waals surface area contributed by atoms with E-state index in [1.165, 1.54) is 4.90 Å². The van der Waals surface area contributed by atoms with E-state index in [0.29, 0.717) is 25.4 Å². The number of carbonyl (C=O) groups excluding carboxylic acids is 2. The molecule has 0 radical (unpaired) electrons. The van der Waals surface area contributed by atoms with Crippen LogP contribution in [0.4, 0.5) is 5.69 Å². The summed E-state index contributed by atoms with van der Waals surface area (Å²) >= 11 is 1.67. The lowest BCUT2D eigenvalue weighted by Gasteiger charge is -2.27. The highest BCUT2D eigenvalue weighted by atomic mass is 35.5. The smallest absolute Gasteiger partial charge is 0.227 e. The molecule has 2 heterocycles. The zero-order valence-corrected chi connectivity index (χ0v) is 14.7. The van der Waals surface area contributed by atoms with E-state index in [9.17, 15) is 9.59 Å². The lowest BCUT2D eigenvalue weighted by molar-refractivity contribution is -0.126. The van der Waals surface area contributed by atoms with Gasteiger partial charge in [-0.3, -0.25) is 9.59 Å². The molecule has 0 saturated carbocycles. The molecule has 5 nitrogen and oxygen atoms in total. The molecule has 2 amide bonds. The van der Waals surface area contributed by atoms with Crippen molar-refractivity contribution >= 4 is 41.7 Å². The molecule has 1 unspecified atom stereocenters. The number of benzene rings is 1. The standard InChI is InChI=1S/C16H21N3O2S.ClH/c1-22-14-4-2-13(3-5-14)19-10-12(6-15(19)20)16(21)18-9-11-7-17-8-11;/h2-5,11-12,17H,6-10H2,1H3,(H,18,21);1H. The summed E-state index contributed by atoms with van der Waals surface area (Å²) in [4.78, 5) is 27.3. The van der Waals surface area contributed by atoms with Crippen molar-refractivity contribution in [3.8, 4) is 0 Å². The average molecular weight is 356 g/mol. The van der Waals surface area contributed by atoms with E-state index in [1.807, 2.05) is 30.5 Å². The van der Waals surface area contributed by atoms with Crippen molar-refractivity contribution in [2.45, 2.75) is 11.3 Å². The lowest BCUT2D eigenvalue weighted by Crippen LogP contribution is -2.49. The molecule has 2 fully saturated rings. The first-order valence-electron chi connectivity index (χ1n) is 7.60. The number of amides is 2. The van der Waals surface area contributed by atoms with Gasteiger partial charge in [-0.2, -0.15) is 0 Å². The lowest BCUT2D eigenvalue weighted by atomic mass is 10.0. The summed E-state index contributed by atoms with van der Waals surface area (Å²) in [6.45, 7) is 3.13. The molecule has 0 bridgehead atoms. The minimum absolute atomic E-state index is 0. The maximum Gasteiger partial charge on any atom is 0.227 e. The molecule has 1 aromatic carbocycles. The van der Waals surface area contributed by atoms with Gasteiger partial charge >= 0.3 is 0 Å². The first-order chi connectivity index (χ1) is 10.7. The highest BCUT2D eigenvalue weighted by Gasteiger charge is 2.35. The summed E-state index contributed by atoms with van der Waals surface area (Å²) in [6.07, 6.45) is 2.33. The second kappa shape index (κ2) is 8.04. The molecule has 2 aliphatic rings. The van der Waals surface area contributed by atoms with Gasteiger partial charge in [0.15, 0.2) is 0 Å². The third-order valence-electron chi connectivity index (χ3n) is 4.31. The quantitative estimate of drug-likeness (QED) is 0.786. The van der Waals surface area contributed by atoms with E-state index < -0.39 is 0 Å². The fourth-order valence-electron chi connectivity index (χ4n) is 2.78. The molecule has 7 heteroatoms. The summed E-state index contributed by atoms with van der Waals surface area (Å²) in [6, 6.07) is 7.91. The van der Waals surface area contributed by atoms with Crippen LogP contribution in [0.1, 0.15) is 6.42 Å². The topological polar surface area (TPSA) is 61.4 Å². The van der Waals surface area contributed by atoms with Gasteiger partial charge in [-0.1, -0.05) is 0 Å². The Labute approximate surface area is 147 Å². The number of thioether (sulfide) groups is 1. The number of hydrogen-bond donors (Lipinski definition) is 2. The molecular formula is C16H22ClN3O2S. The third-order valence-corrected chi connectivity index (χ3v) is 5.05. The molecule has 0 spiro atoms. The Hall–Kier alpha value is -1.24. The first-order valence-corrected chi connectivity index (χ1v) is 8.82. The summed E-state index contributed by atoms with van der Waals surface area (Å²) < 4.78 is 0. The van der Waals surface area contributed by atoms with Gasteiger partial charge in [0.1, 0.15) is 0 Å². The van der Waals surface area contributed by atoms with Crippen LogP contribution in [0.5, 0.6) is 0 Å². The predicted octanol–water partition coefficient (Wildman–Crippen LogP) is 1.52. The van der Waals surface area contributed by atoms with E-state index in [-0.39, 0.29) is 30.1 Å². The molecule has 23 heavy (non-hydrogen) atoms. The molecule has 0 aliphatic carbocycles. The van der Waals surface area contributed by atoms with E-state index in [1.54, 1.807) is 16.7 Å². The molecule has 1 aromatic rings. The van der Waals surface area contributed by atoms with Gasteiger partial charge in [-0.15, -0.1) is 24.2 Å². The largest absolute Gasteiger partial charge is 0.355 e. The number of nitrogens with zero attached hydrogens (tertiary/aromatic N) is 1. The van der Waals surface area contributed by atoms with Crippen LogP contribution in [-0.2, 0) is 9.59 Å². The highest BCUT2D eigenvalue weighted by Crippen LogP contribution is 2.27. The zero-order chi connectivity index (χ0) is 15.5. The maximum absolute atomic E-state index is 12.2. The average Bonchev–Trinajstić information content (AvgIpc) is 2.88. The van der Waals surface area contributed by atoms with E-state index in [2.05, 4.69) is 10.6 Å². The Morgan fingerprint density at radius 3 is 2.61 bits per heavy atom. The minimum Gasteiger partial charge on any atom is -0.355 e. The summed E-state index contributed by atoms with van der Waals surface area (Å²) in [5, 5.41) is 6.16. The van der Waals surface area contributed by atoms with Crippen LogP contribution in [0.3, 0.4) is 0 Å². The summed E-state index contributed by atoms with van der Waals surface area (Å²) in [5.74, 6) is 0.336. The highest BCUT2D eigenvalue weighted by molar-refractivity contribution is 7.98. The van der Waals surface area contributed by atoms with E-state index in [4.69, 9.17) is 0 Å². The predicted molar refractivity (Wildman–Crippen MR) is 95.3 cm³/mol. The molecule has 126 valence electrons.